The normalized spacial score (nSPS) is 14.9. The van der Waals surface area contributed by atoms with Gasteiger partial charge in [0.15, 0.2) is 0 Å². The zero-order chi connectivity index (χ0) is 14.1. The molecule has 16 heavy (non-hydrogen) atoms. The lowest BCUT2D eigenvalue weighted by Crippen LogP contribution is -2.22. The van der Waals surface area contributed by atoms with E-state index < -0.39 is 29.6 Å². The summed E-state index contributed by atoms with van der Waals surface area (Å²) in [6.45, 7) is 0.867. The molecule has 1 nitrogen and oxygen atoms in total. The average molecular weight is 237 g/mol. The lowest BCUT2D eigenvalue weighted by atomic mass is 10.1. The molecule has 0 spiro atoms. The van der Waals surface area contributed by atoms with Gasteiger partial charge in [-0.1, -0.05) is 13.8 Å². The fraction of sp³-hybridized carbons (Fsp3) is 0.455. The highest BCUT2D eigenvalue weighted by Crippen LogP contribution is 2.30. The van der Waals surface area contributed by atoms with Gasteiger partial charge in [-0.15, -0.1) is 0 Å². The van der Waals surface area contributed by atoms with Crippen LogP contribution in [-0.4, -0.2) is 6.04 Å². The van der Waals surface area contributed by atoms with E-state index in [2.05, 4.69) is 5.32 Å². The molecule has 0 heterocycles. The molecule has 0 aliphatic carbocycles. The molecule has 1 aromatic carbocycles. The van der Waals surface area contributed by atoms with Gasteiger partial charge in [0, 0.05) is 20.8 Å². The summed E-state index contributed by atoms with van der Waals surface area (Å²) in [6, 6.07) is 1.36. The van der Waals surface area contributed by atoms with Gasteiger partial charge in [-0.2, -0.15) is 13.2 Å². The van der Waals surface area contributed by atoms with E-state index in [1.807, 2.05) is 0 Å². The van der Waals surface area contributed by atoms with Crippen molar-refractivity contribution in [3.63, 3.8) is 0 Å². The molecular formula is C11H13F4N. The first-order valence-corrected chi connectivity index (χ1v) is 4.69. The summed E-state index contributed by atoms with van der Waals surface area (Å²) in [7, 11) is 0. The van der Waals surface area contributed by atoms with Crippen molar-refractivity contribution in [1.29, 1.82) is 0 Å². The predicted octanol–water partition coefficient (Wildman–Crippen LogP) is 3.34. The van der Waals surface area contributed by atoms with Gasteiger partial charge in [0.1, 0.15) is 5.82 Å². The minimum absolute atomic E-state index is 0.339. The molecule has 0 fully saturated rings. The summed E-state index contributed by atoms with van der Waals surface area (Å²) >= 11 is 0. The van der Waals surface area contributed by atoms with Crippen molar-refractivity contribution >= 4 is 0 Å². The van der Waals surface area contributed by atoms with Crippen LogP contribution < -0.4 is 5.32 Å². The third kappa shape index (κ3) is 3.48. The minimum Gasteiger partial charge on any atom is -0.310 e. The highest BCUT2D eigenvalue weighted by atomic mass is 19.4. The van der Waals surface area contributed by atoms with Crippen molar-refractivity contribution in [2.24, 2.45) is 0 Å². The van der Waals surface area contributed by atoms with Gasteiger partial charge in [-0.3, -0.25) is 0 Å². The SMILES string of the molecule is [2H]C([2H])(NC(C)C)c1cc(C(F)(F)F)ccc1F. The molecule has 5 heteroatoms. The number of rotatable bonds is 3. The standard InChI is InChI=1S/C11H13F4N/c1-7(2)16-6-8-5-9(11(13,14)15)3-4-10(8)12/h3-5,7,16H,6H2,1-2H3/i6D2. The van der Waals surface area contributed by atoms with Gasteiger partial charge >= 0.3 is 6.18 Å². The third-order valence-electron chi connectivity index (χ3n) is 1.79. The van der Waals surface area contributed by atoms with Crippen LogP contribution in [0.3, 0.4) is 0 Å². The Bertz CT molecular complexity index is 430. The van der Waals surface area contributed by atoms with Crippen LogP contribution in [0.5, 0.6) is 0 Å². The fourth-order valence-corrected chi connectivity index (χ4v) is 1.02. The molecular weight excluding hydrogens is 222 g/mol. The average Bonchev–Trinajstić information content (AvgIpc) is 2.13. The molecule has 0 saturated heterocycles. The number of hydrogen-bond donors (Lipinski definition) is 1. The van der Waals surface area contributed by atoms with Gasteiger partial charge in [0.05, 0.1) is 5.56 Å². The first kappa shape index (κ1) is 10.1. The van der Waals surface area contributed by atoms with Crippen molar-refractivity contribution in [1.82, 2.24) is 5.32 Å². The summed E-state index contributed by atoms with van der Waals surface area (Å²) in [6.07, 6.45) is -4.63. The summed E-state index contributed by atoms with van der Waals surface area (Å²) < 4.78 is 66.1. The second kappa shape index (κ2) is 4.82. The molecule has 0 bridgehead atoms. The molecule has 1 N–H and O–H groups in total. The van der Waals surface area contributed by atoms with Crippen LogP contribution in [0.4, 0.5) is 17.6 Å². The van der Waals surface area contributed by atoms with Crippen LogP contribution in [0.25, 0.3) is 0 Å². The molecule has 0 aliphatic rings. The van der Waals surface area contributed by atoms with Crippen molar-refractivity contribution < 1.29 is 20.3 Å². The Morgan fingerprint density at radius 2 is 2.00 bits per heavy atom. The molecule has 90 valence electrons. The maximum absolute atomic E-state index is 13.5. The first-order valence-electron chi connectivity index (χ1n) is 5.69. The van der Waals surface area contributed by atoms with Crippen molar-refractivity contribution in [3.8, 4) is 0 Å². The van der Waals surface area contributed by atoms with Gasteiger partial charge in [-0.05, 0) is 18.2 Å². The molecule has 0 unspecified atom stereocenters. The third-order valence-corrected chi connectivity index (χ3v) is 1.79. The second-order valence-corrected chi connectivity index (χ2v) is 3.62. The van der Waals surface area contributed by atoms with E-state index in [1.165, 1.54) is 0 Å². The van der Waals surface area contributed by atoms with Crippen LogP contribution in [0.2, 0.25) is 0 Å². The van der Waals surface area contributed by atoms with E-state index in [1.54, 1.807) is 13.8 Å². The van der Waals surface area contributed by atoms with Gasteiger partial charge in [-0.25, -0.2) is 4.39 Å². The Hall–Kier alpha value is -1.10. The lowest BCUT2D eigenvalue weighted by Gasteiger charge is -2.12. The smallest absolute Gasteiger partial charge is 0.310 e. The molecule has 0 amide bonds. The Morgan fingerprint density at radius 3 is 2.50 bits per heavy atom. The van der Waals surface area contributed by atoms with Crippen molar-refractivity contribution in [3.05, 3.63) is 35.1 Å². The van der Waals surface area contributed by atoms with E-state index in [0.717, 1.165) is 0 Å². The number of alkyl halides is 3. The number of hydrogen-bond acceptors (Lipinski definition) is 1. The van der Waals surface area contributed by atoms with Crippen LogP contribution in [0, 0.1) is 5.82 Å². The summed E-state index contributed by atoms with van der Waals surface area (Å²) in [5, 5.41) is 2.38. The Balaban J connectivity index is 3.23. The van der Waals surface area contributed by atoms with E-state index >= 15 is 0 Å². The monoisotopic (exact) mass is 237 g/mol. The predicted molar refractivity (Wildman–Crippen MR) is 53.4 cm³/mol. The molecule has 1 aromatic rings. The summed E-state index contributed by atoms with van der Waals surface area (Å²) in [5.41, 5.74) is -1.72. The fourth-order valence-electron chi connectivity index (χ4n) is 1.02. The molecule has 0 aromatic heterocycles. The zero-order valence-corrected chi connectivity index (χ0v) is 8.82. The first-order chi connectivity index (χ1) is 8.04. The van der Waals surface area contributed by atoms with Gasteiger partial charge < -0.3 is 5.32 Å². The van der Waals surface area contributed by atoms with E-state index in [-0.39, 0.29) is 6.04 Å². The van der Waals surface area contributed by atoms with Crippen LogP contribution in [-0.2, 0) is 12.7 Å². The van der Waals surface area contributed by atoms with Crippen molar-refractivity contribution in [2.75, 3.05) is 0 Å². The van der Waals surface area contributed by atoms with E-state index in [9.17, 15) is 17.6 Å². The highest BCUT2D eigenvalue weighted by Gasteiger charge is 2.30. The summed E-state index contributed by atoms with van der Waals surface area (Å²) in [4.78, 5) is 0. The maximum Gasteiger partial charge on any atom is 0.416 e. The van der Waals surface area contributed by atoms with Crippen LogP contribution in [0.1, 0.15) is 27.7 Å². The van der Waals surface area contributed by atoms with Crippen LogP contribution >= 0.6 is 0 Å². The van der Waals surface area contributed by atoms with E-state index in [0.29, 0.717) is 18.2 Å². The Kier molecular flexibility index (Phi) is 3.04. The van der Waals surface area contributed by atoms with Gasteiger partial charge in [0.2, 0.25) is 0 Å². The summed E-state index contributed by atoms with van der Waals surface area (Å²) in [5.74, 6) is -1.01. The molecule has 1 rings (SSSR count). The van der Waals surface area contributed by atoms with Crippen LogP contribution in [0.15, 0.2) is 18.2 Å². The minimum atomic E-state index is -4.63. The number of halogens is 4. The molecule has 0 aliphatic heterocycles. The number of benzene rings is 1. The quantitative estimate of drug-likeness (QED) is 0.795. The second-order valence-electron chi connectivity index (χ2n) is 3.62. The Labute approximate surface area is 94.3 Å². The topological polar surface area (TPSA) is 12.0 Å². The Morgan fingerprint density at radius 1 is 1.38 bits per heavy atom. The lowest BCUT2D eigenvalue weighted by molar-refractivity contribution is -0.137. The molecule has 0 saturated carbocycles. The largest absolute Gasteiger partial charge is 0.416 e. The molecule has 0 atom stereocenters. The number of nitrogens with one attached hydrogen (secondary N) is 1. The maximum atomic E-state index is 13.5. The van der Waals surface area contributed by atoms with Gasteiger partial charge in [0.25, 0.3) is 0 Å². The van der Waals surface area contributed by atoms with Crippen molar-refractivity contribution in [2.45, 2.75) is 32.6 Å². The molecule has 0 radical (unpaired) electrons. The highest BCUT2D eigenvalue weighted by molar-refractivity contribution is 5.27. The zero-order valence-electron chi connectivity index (χ0n) is 10.8. The van der Waals surface area contributed by atoms with E-state index in [4.69, 9.17) is 2.74 Å².